The molecule has 0 bridgehead atoms. The first-order chi connectivity index (χ1) is 13.2. The van der Waals surface area contributed by atoms with Crippen LogP contribution in [0.5, 0.6) is 0 Å². The number of fused-ring (bicyclic) bond motifs is 1. The number of urea groups is 1. The van der Waals surface area contributed by atoms with Crippen molar-refractivity contribution in [1.82, 2.24) is 10.3 Å². The van der Waals surface area contributed by atoms with Crippen LogP contribution in [-0.2, 0) is 10.0 Å². The molecule has 2 aromatic carbocycles. The number of rotatable bonds is 5. The van der Waals surface area contributed by atoms with Crippen molar-refractivity contribution < 1.29 is 13.2 Å². The zero-order valence-electron chi connectivity index (χ0n) is 15.9. The second-order valence-corrected chi connectivity index (χ2v) is 8.42. The van der Waals surface area contributed by atoms with Gasteiger partial charge in [-0.15, -0.1) is 0 Å². The van der Waals surface area contributed by atoms with Crippen LogP contribution < -0.4 is 15.4 Å². The summed E-state index contributed by atoms with van der Waals surface area (Å²) in [4.78, 5) is 16.9. The monoisotopic (exact) mass is 398 g/mol. The lowest BCUT2D eigenvalue weighted by molar-refractivity contribution is 0.249. The second kappa shape index (κ2) is 7.85. The number of aromatic nitrogens is 1. The molecule has 2 amide bonds. The summed E-state index contributed by atoms with van der Waals surface area (Å²) in [6, 6.07) is 13.8. The van der Waals surface area contributed by atoms with Crippen LogP contribution in [0.15, 0.2) is 54.7 Å². The van der Waals surface area contributed by atoms with Gasteiger partial charge in [-0.2, -0.15) is 0 Å². The highest BCUT2D eigenvalue weighted by Crippen LogP contribution is 2.25. The summed E-state index contributed by atoms with van der Waals surface area (Å²) in [6.45, 7) is 3.74. The van der Waals surface area contributed by atoms with E-state index in [1.165, 1.54) is 0 Å². The number of aryl methyl sites for hydroxylation is 1. The molecular weight excluding hydrogens is 376 g/mol. The Morgan fingerprint density at radius 3 is 2.57 bits per heavy atom. The Morgan fingerprint density at radius 1 is 1.07 bits per heavy atom. The molecule has 0 aliphatic heterocycles. The van der Waals surface area contributed by atoms with Gasteiger partial charge in [-0.25, -0.2) is 13.2 Å². The quantitative estimate of drug-likeness (QED) is 0.609. The number of amides is 2. The number of nitrogens with one attached hydrogen (secondary N) is 3. The lowest BCUT2D eigenvalue weighted by Crippen LogP contribution is -2.31. The van der Waals surface area contributed by atoms with Crippen LogP contribution >= 0.6 is 0 Å². The smallest absolute Gasteiger partial charge is 0.319 e. The molecule has 3 aromatic rings. The molecule has 0 saturated heterocycles. The molecule has 146 valence electrons. The van der Waals surface area contributed by atoms with Gasteiger partial charge >= 0.3 is 6.03 Å². The molecule has 7 nitrogen and oxygen atoms in total. The zero-order chi connectivity index (χ0) is 20.3. The summed E-state index contributed by atoms with van der Waals surface area (Å²) in [5.41, 5.74) is 3.42. The van der Waals surface area contributed by atoms with Crippen LogP contribution in [0.4, 0.5) is 16.2 Å². The standard InChI is InChI=1S/C20H22N4O3S/c1-13-11-15-7-6-10-21-19(15)18(12-13)23-20(25)22-14(2)16-8-4-5-9-17(16)24-28(3,26)27/h4-12,14,24H,1-3H3,(H2,22,23,25). The van der Waals surface area contributed by atoms with E-state index in [1.54, 1.807) is 37.4 Å². The van der Waals surface area contributed by atoms with Crippen molar-refractivity contribution in [1.29, 1.82) is 0 Å². The molecule has 0 fully saturated rings. The summed E-state index contributed by atoms with van der Waals surface area (Å²) >= 11 is 0. The Kier molecular flexibility index (Phi) is 5.51. The minimum absolute atomic E-state index is 0.404. The number of pyridine rings is 1. The maximum absolute atomic E-state index is 12.6. The molecule has 1 unspecified atom stereocenters. The fourth-order valence-electron chi connectivity index (χ4n) is 3.04. The number of hydrogen-bond donors (Lipinski definition) is 3. The van der Waals surface area contributed by atoms with Gasteiger partial charge in [-0.1, -0.05) is 24.3 Å². The predicted octanol–water partition coefficient (Wildman–Crippen LogP) is 3.80. The summed E-state index contributed by atoms with van der Waals surface area (Å²) in [5, 5.41) is 6.62. The molecule has 0 aliphatic carbocycles. The van der Waals surface area contributed by atoms with Crippen LogP contribution in [0.3, 0.4) is 0 Å². The van der Waals surface area contributed by atoms with Gasteiger partial charge in [0.05, 0.1) is 29.2 Å². The maximum atomic E-state index is 12.6. The van der Waals surface area contributed by atoms with Crippen molar-refractivity contribution in [2.75, 3.05) is 16.3 Å². The van der Waals surface area contributed by atoms with Crippen LogP contribution in [0.1, 0.15) is 24.1 Å². The molecule has 0 spiro atoms. The number of carbonyl (C=O) groups is 1. The van der Waals surface area contributed by atoms with E-state index in [1.807, 2.05) is 31.2 Å². The molecule has 1 aromatic heterocycles. The molecule has 3 N–H and O–H groups in total. The lowest BCUT2D eigenvalue weighted by atomic mass is 10.1. The second-order valence-electron chi connectivity index (χ2n) is 6.67. The van der Waals surface area contributed by atoms with Crippen molar-refractivity contribution >= 4 is 38.3 Å². The summed E-state index contributed by atoms with van der Waals surface area (Å²) in [6.07, 6.45) is 2.76. The molecule has 1 atom stereocenters. The summed E-state index contributed by atoms with van der Waals surface area (Å²) in [5.74, 6) is 0. The molecule has 0 saturated carbocycles. The minimum Gasteiger partial charge on any atom is -0.331 e. The molecule has 28 heavy (non-hydrogen) atoms. The molecule has 0 radical (unpaired) electrons. The first-order valence-electron chi connectivity index (χ1n) is 8.72. The summed E-state index contributed by atoms with van der Waals surface area (Å²) in [7, 11) is -3.43. The third kappa shape index (κ3) is 4.77. The van der Waals surface area contributed by atoms with Gasteiger partial charge in [0.15, 0.2) is 0 Å². The Hall–Kier alpha value is -3.13. The minimum atomic E-state index is -3.43. The van der Waals surface area contributed by atoms with Gasteiger partial charge in [-0.05, 0) is 49.2 Å². The number of para-hydroxylation sites is 1. The number of sulfonamides is 1. The van der Waals surface area contributed by atoms with E-state index in [2.05, 4.69) is 20.3 Å². The topological polar surface area (TPSA) is 100 Å². The number of anilines is 2. The van der Waals surface area contributed by atoms with E-state index in [9.17, 15) is 13.2 Å². The number of nitrogens with zero attached hydrogens (tertiary/aromatic N) is 1. The van der Waals surface area contributed by atoms with Gasteiger partial charge in [0, 0.05) is 11.6 Å². The zero-order valence-corrected chi connectivity index (χ0v) is 16.7. The van der Waals surface area contributed by atoms with E-state index < -0.39 is 22.1 Å². The fourth-order valence-corrected chi connectivity index (χ4v) is 3.62. The SMILES string of the molecule is Cc1cc(NC(=O)NC(C)c2ccccc2NS(C)(=O)=O)c2ncccc2c1. The van der Waals surface area contributed by atoms with E-state index in [-0.39, 0.29) is 0 Å². The highest BCUT2D eigenvalue weighted by Gasteiger charge is 2.16. The normalized spacial score (nSPS) is 12.4. The molecule has 3 rings (SSSR count). The van der Waals surface area contributed by atoms with Gasteiger partial charge in [0.2, 0.25) is 10.0 Å². The van der Waals surface area contributed by atoms with Crippen molar-refractivity contribution in [2.45, 2.75) is 19.9 Å². The Balaban J connectivity index is 1.80. The fraction of sp³-hybridized carbons (Fsp3) is 0.200. The Bertz CT molecular complexity index is 1130. The number of benzene rings is 2. The van der Waals surface area contributed by atoms with E-state index in [0.29, 0.717) is 22.5 Å². The Morgan fingerprint density at radius 2 is 1.82 bits per heavy atom. The summed E-state index contributed by atoms with van der Waals surface area (Å²) < 4.78 is 25.6. The highest BCUT2D eigenvalue weighted by atomic mass is 32.2. The van der Waals surface area contributed by atoms with Crippen molar-refractivity contribution in [3.63, 3.8) is 0 Å². The van der Waals surface area contributed by atoms with E-state index in [0.717, 1.165) is 17.2 Å². The first-order valence-corrected chi connectivity index (χ1v) is 10.6. The van der Waals surface area contributed by atoms with E-state index >= 15 is 0 Å². The number of hydrogen-bond acceptors (Lipinski definition) is 4. The van der Waals surface area contributed by atoms with Gasteiger partial charge in [0.1, 0.15) is 0 Å². The van der Waals surface area contributed by atoms with Crippen LogP contribution in [0.2, 0.25) is 0 Å². The molecule has 0 aliphatic rings. The predicted molar refractivity (Wildman–Crippen MR) is 112 cm³/mol. The van der Waals surface area contributed by atoms with Crippen molar-refractivity contribution in [3.8, 4) is 0 Å². The van der Waals surface area contributed by atoms with Crippen LogP contribution in [0.25, 0.3) is 10.9 Å². The van der Waals surface area contributed by atoms with Gasteiger partial charge < -0.3 is 10.6 Å². The molecule has 8 heteroatoms. The van der Waals surface area contributed by atoms with Crippen molar-refractivity contribution in [3.05, 3.63) is 65.9 Å². The van der Waals surface area contributed by atoms with Gasteiger partial charge in [-0.3, -0.25) is 9.71 Å². The average Bonchev–Trinajstić information content (AvgIpc) is 2.60. The third-order valence-electron chi connectivity index (χ3n) is 4.17. The average molecular weight is 398 g/mol. The third-order valence-corrected chi connectivity index (χ3v) is 4.76. The Labute approximate surface area is 164 Å². The molecular formula is C20H22N4O3S. The van der Waals surface area contributed by atoms with Crippen LogP contribution in [0, 0.1) is 6.92 Å². The largest absolute Gasteiger partial charge is 0.331 e. The maximum Gasteiger partial charge on any atom is 0.319 e. The lowest BCUT2D eigenvalue weighted by Gasteiger charge is -2.19. The van der Waals surface area contributed by atoms with Gasteiger partial charge in [0.25, 0.3) is 0 Å². The number of carbonyl (C=O) groups excluding carboxylic acids is 1. The first kappa shape index (κ1) is 19.6. The molecule has 1 heterocycles. The van der Waals surface area contributed by atoms with Crippen LogP contribution in [-0.4, -0.2) is 25.7 Å². The highest BCUT2D eigenvalue weighted by molar-refractivity contribution is 7.92. The van der Waals surface area contributed by atoms with E-state index in [4.69, 9.17) is 0 Å². The van der Waals surface area contributed by atoms with Crippen molar-refractivity contribution in [2.24, 2.45) is 0 Å².